The minimum Gasteiger partial charge on any atom is -0.475 e. The zero-order valence-electron chi connectivity index (χ0n) is 22.2. The highest BCUT2D eigenvalue weighted by Crippen LogP contribution is 2.41. The minimum atomic E-state index is -5.08. The molecule has 0 spiro atoms. The first-order chi connectivity index (χ1) is 18.4. The number of aliphatic carboxylic acids is 1. The van der Waals surface area contributed by atoms with E-state index in [4.69, 9.17) is 15.6 Å². The number of halogens is 6. The van der Waals surface area contributed by atoms with Gasteiger partial charge in [-0.2, -0.15) is 26.3 Å². The highest BCUT2D eigenvalue weighted by molar-refractivity contribution is 5.79. The lowest BCUT2D eigenvalue weighted by Gasteiger charge is -2.32. The van der Waals surface area contributed by atoms with Gasteiger partial charge in [0.25, 0.3) is 0 Å². The van der Waals surface area contributed by atoms with Crippen LogP contribution in [-0.2, 0) is 21.4 Å². The molecule has 40 heavy (non-hydrogen) atoms. The molecule has 1 amide bonds. The number of carboxylic acid groups (broad SMARTS) is 1. The third kappa shape index (κ3) is 7.04. The monoisotopic (exact) mass is 574 g/mol. The second-order valence-corrected chi connectivity index (χ2v) is 10.7. The number of nitrogens with one attached hydrogen (secondary N) is 1. The average Bonchev–Trinajstić information content (AvgIpc) is 3.39. The predicted molar refractivity (Wildman–Crippen MR) is 135 cm³/mol. The number of alkyl halides is 6. The van der Waals surface area contributed by atoms with Crippen LogP contribution in [0.3, 0.4) is 0 Å². The molecule has 2 aliphatic carbocycles. The maximum absolute atomic E-state index is 14.0. The number of hydrogen-bond donors (Lipinski definition) is 3. The summed E-state index contributed by atoms with van der Waals surface area (Å²) in [5.74, 6) is -3.76. The molecule has 2 aliphatic rings. The van der Waals surface area contributed by atoms with E-state index in [1.165, 1.54) is 30.4 Å². The van der Waals surface area contributed by atoms with Crippen LogP contribution in [0.4, 0.5) is 32.0 Å². The van der Waals surface area contributed by atoms with Crippen molar-refractivity contribution in [1.29, 1.82) is 0 Å². The zero-order valence-corrected chi connectivity index (χ0v) is 22.2. The summed E-state index contributed by atoms with van der Waals surface area (Å²) in [7, 11) is 1.20. The van der Waals surface area contributed by atoms with Crippen molar-refractivity contribution in [1.82, 2.24) is 9.88 Å². The Bertz CT molecular complexity index is 1200. The van der Waals surface area contributed by atoms with E-state index in [-0.39, 0.29) is 23.2 Å². The van der Waals surface area contributed by atoms with E-state index < -0.39 is 36.2 Å². The summed E-state index contributed by atoms with van der Waals surface area (Å²) in [6, 6.07) is 9.11. The molecule has 0 radical (unpaired) electrons. The molecule has 0 bridgehead atoms. The number of pyridine rings is 1. The Hall–Kier alpha value is -3.35. The summed E-state index contributed by atoms with van der Waals surface area (Å²) in [6.07, 6.45) is -5.87. The van der Waals surface area contributed by atoms with Crippen LogP contribution in [0, 0.1) is 5.92 Å². The summed E-state index contributed by atoms with van der Waals surface area (Å²) < 4.78 is 73.7. The van der Waals surface area contributed by atoms with Crippen molar-refractivity contribution < 1.29 is 41.0 Å². The van der Waals surface area contributed by atoms with Crippen molar-refractivity contribution >= 4 is 17.6 Å². The quantitative estimate of drug-likeness (QED) is 0.423. The van der Waals surface area contributed by atoms with E-state index in [1.54, 1.807) is 6.07 Å². The molecular weight excluding hydrogens is 542 g/mol. The van der Waals surface area contributed by atoms with E-state index in [0.717, 1.165) is 11.3 Å². The summed E-state index contributed by atoms with van der Waals surface area (Å²) in [5.41, 5.74) is 8.73. The van der Waals surface area contributed by atoms with Gasteiger partial charge < -0.3 is 21.1 Å². The number of hydrogen-bond acceptors (Lipinski definition) is 5. The molecule has 1 saturated carbocycles. The number of nitrogens with zero attached hydrogens (tertiary/aromatic N) is 2. The molecule has 1 fully saturated rings. The molecule has 1 aromatic heterocycles. The van der Waals surface area contributed by atoms with Gasteiger partial charge in [-0.1, -0.05) is 38.1 Å². The van der Waals surface area contributed by atoms with Crippen molar-refractivity contribution in [2.75, 3.05) is 12.4 Å². The fourth-order valence-electron chi connectivity index (χ4n) is 5.32. The maximum atomic E-state index is 14.0. The second kappa shape index (κ2) is 11.6. The summed E-state index contributed by atoms with van der Waals surface area (Å²) in [4.78, 5) is 26.6. The van der Waals surface area contributed by atoms with Gasteiger partial charge in [0.1, 0.15) is 0 Å². The molecule has 220 valence electrons. The van der Waals surface area contributed by atoms with Crippen molar-refractivity contribution in [3.8, 4) is 0 Å². The van der Waals surface area contributed by atoms with Crippen molar-refractivity contribution in [2.45, 2.75) is 75.4 Å². The van der Waals surface area contributed by atoms with E-state index >= 15 is 0 Å². The van der Waals surface area contributed by atoms with Gasteiger partial charge >= 0.3 is 18.3 Å². The van der Waals surface area contributed by atoms with Gasteiger partial charge in [0, 0.05) is 30.5 Å². The third-order valence-electron chi connectivity index (χ3n) is 7.52. The fourth-order valence-corrected chi connectivity index (χ4v) is 5.32. The van der Waals surface area contributed by atoms with Gasteiger partial charge in [-0.05, 0) is 48.9 Å². The lowest BCUT2D eigenvalue weighted by atomic mass is 9.83. The van der Waals surface area contributed by atoms with Gasteiger partial charge in [-0.3, -0.25) is 9.78 Å². The van der Waals surface area contributed by atoms with E-state index in [0.29, 0.717) is 24.9 Å². The lowest BCUT2D eigenvalue weighted by Crippen LogP contribution is -2.42. The Labute approximate surface area is 227 Å². The molecule has 0 saturated heterocycles. The maximum Gasteiger partial charge on any atom is 0.490 e. The zero-order chi connectivity index (χ0) is 30.0. The Balaban J connectivity index is 0.000000559. The molecule has 4 N–H and O–H groups in total. The van der Waals surface area contributed by atoms with E-state index in [1.807, 2.05) is 12.1 Å². The first-order valence-electron chi connectivity index (χ1n) is 12.6. The van der Waals surface area contributed by atoms with Gasteiger partial charge in [0.2, 0.25) is 5.91 Å². The average molecular weight is 575 g/mol. The third-order valence-corrected chi connectivity index (χ3v) is 7.52. The Kier molecular flexibility index (Phi) is 9.07. The van der Waals surface area contributed by atoms with Crippen LogP contribution < -0.4 is 11.1 Å². The standard InChI is InChI=1S/C25H31F3N4O.C2HF3O2/c1-24(2)19-7-5-4-6-15(19)13-21(24)31-18-10-11-20(30-14-18)22(25(26,27)28)32(3)23(33)16-8-9-17(29)12-16;3-2(4,5)1(6)7/h4-7,10-11,14,16-17,21-22,31H,8-9,12-13,29H2,1-3H3;(H,6,7)/t16-,17+,21+,22+;/m1./s1. The predicted octanol–water partition coefficient (Wildman–Crippen LogP) is 5.22. The van der Waals surface area contributed by atoms with Crippen LogP contribution in [-0.4, -0.2) is 58.4 Å². The molecule has 4 rings (SSSR count). The summed E-state index contributed by atoms with van der Waals surface area (Å²) in [6.45, 7) is 4.32. The normalized spacial score (nSPS) is 22.5. The Morgan fingerprint density at radius 1 is 1.10 bits per heavy atom. The van der Waals surface area contributed by atoms with Crippen molar-refractivity contribution in [3.05, 3.63) is 59.4 Å². The lowest BCUT2D eigenvalue weighted by molar-refractivity contribution is -0.192. The molecular formula is C27H32F6N4O3. The first-order valence-corrected chi connectivity index (χ1v) is 12.6. The number of rotatable bonds is 5. The van der Waals surface area contributed by atoms with Crippen LogP contribution in [0.1, 0.15) is 56.0 Å². The second-order valence-electron chi connectivity index (χ2n) is 10.7. The number of fused-ring (bicyclic) bond motifs is 1. The number of carbonyl (C=O) groups excluding carboxylic acids is 1. The van der Waals surface area contributed by atoms with Crippen LogP contribution in [0.25, 0.3) is 0 Å². The minimum absolute atomic E-state index is 0.0942. The number of aromatic nitrogens is 1. The van der Waals surface area contributed by atoms with Crippen LogP contribution in [0.15, 0.2) is 42.6 Å². The number of carboxylic acids is 1. The SMILES string of the molecule is CN(C(=O)[C@@H]1CC[C@H](N)C1)[C@@H](c1ccc(N[C@H]2Cc3ccccc3C2(C)C)cn1)C(F)(F)F.O=C(O)C(F)(F)F. The number of benzene rings is 1. The van der Waals surface area contributed by atoms with Gasteiger partial charge in [-0.15, -0.1) is 0 Å². The summed E-state index contributed by atoms with van der Waals surface area (Å²) >= 11 is 0. The fraction of sp³-hybridized carbons (Fsp3) is 0.519. The molecule has 1 aromatic carbocycles. The summed E-state index contributed by atoms with van der Waals surface area (Å²) in [5, 5.41) is 10.6. The number of amides is 1. The number of nitrogens with two attached hydrogens (primary N) is 1. The van der Waals surface area contributed by atoms with Crippen LogP contribution in [0.2, 0.25) is 0 Å². The molecule has 1 heterocycles. The van der Waals surface area contributed by atoms with Crippen LogP contribution in [0.5, 0.6) is 0 Å². The molecule has 7 nitrogen and oxygen atoms in total. The van der Waals surface area contributed by atoms with E-state index in [9.17, 15) is 31.1 Å². The Morgan fingerprint density at radius 2 is 1.73 bits per heavy atom. The first kappa shape index (κ1) is 31.2. The van der Waals surface area contributed by atoms with Gasteiger partial charge in [0.15, 0.2) is 6.04 Å². The topological polar surface area (TPSA) is 109 Å². The smallest absolute Gasteiger partial charge is 0.475 e. The van der Waals surface area contributed by atoms with Crippen LogP contribution >= 0.6 is 0 Å². The van der Waals surface area contributed by atoms with Crippen molar-refractivity contribution in [2.24, 2.45) is 11.7 Å². The number of carbonyl (C=O) groups is 2. The van der Waals surface area contributed by atoms with Crippen molar-refractivity contribution in [3.63, 3.8) is 0 Å². The number of anilines is 1. The highest BCUT2D eigenvalue weighted by Gasteiger charge is 2.48. The Morgan fingerprint density at radius 3 is 2.20 bits per heavy atom. The molecule has 0 aliphatic heterocycles. The molecule has 2 aromatic rings. The molecule has 0 unspecified atom stereocenters. The molecule has 4 atom stereocenters. The highest BCUT2D eigenvalue weighted by atomic mass is 19.4. The van der Waals surface area contributed by atoms with Gasteiger partial charge in [0.05, 0.1) is 17.6 Å². The van der Waals surface area contributed by atoms with E-state index in [2.05, 4.69) is 36.3 Å². The largest absolute Gasteiger partial charge is 0.490 e. The van der Waals surface area contributed by atoms with Gasteiger partial charge in [-0.25, -0.2) is 4.79 Å². The molecule has 13 heteroatoms.